The Morgan fingerprint density at radius 2 is 1.26 bits per heavy atom. The van der Waals surface area contributed by atoms with Crippen LogP contribution >= 0.6 is 0 Å². The number of aryl methyl sites for hydroxylation is 4. The van der Waals surface area contributed by atoms with Gasteiger partial charge in [0.2, 0.25) is 0 Å². The summed E-state index contributed by atoms with van der Waals surface area (Å²) < 4.78 is 0. The van der Waals surface area contributed by atoms with Crippen LogP contribution < -0.4 is 0 Å². The quantitative estimate of drug-likeness (QED) is 0.189. The Bertz CT molecular complexity index is 1360. The van der Waals surface area contributed by atoms with Crippen LogP contribution in [0.15, 0.2) is 97.3 Å². The van der Waals surface area contributed by atoms with Gasteiger partial charge in [0, 0.05) is 32.5 Å². The minimum Gasteiger partial charge on any atom is -0.304 e. The molecule has 2 aromatic heterocycles. The molecule has 0 amide bonds. The van der Waals surface area contributed by atoms with Gasteiger partial charge in [0.25, 0.3) is 0 Å². The summed E-state index contributed by atoms with van der Waals surface area (Å²) >= 11 is 0. The zero-order valence-corrected chi connectivity index (χ0v) is 22.9. The molecule has 177 valence electrons. The molecular weight excluding hydrogens is 605 g/mol. The van der Waals surface area contributed by atoms with Gasteiger partial charge in [-0.2, -0.15) is 0 Å². The molecule has 0 N–H and O–H groups in total. The van der Waals surface area contributed by atoms with E-state index in [0.717, 1.165) is 22.5 Å². The molecule has 0 spiro atoms. The van der Waals surface area contributed by atoms with Crippen LogP contribution in [0.25, 0.3) is 33.6 Å². The Kier molecular flexibility index (Phi) is 9.25. The first-order valence-electron chi connectivity index (χ1n) is 11.4. The Labute approximate surface area is 222 Å². The molecule has 35 heavy (non-hydrogen) atoms. The van der Waals surface area contributed by atoms with Crippen molar-refractivity contribution in [2.75, 3.05) is 0 Å². The fraction of sp³-hybridized carbons (Fsp3) is 0.125. The number of hydrogen-bond donors (Lipinski definition) is 0. The normalized spacial score (nSPS) is 10.1. The van der Waals surface area contributed by atoms with Gasteiger partial charge < -0.3 is 9.97 Å². The standard InChI is InChI=1S/C18H14N.C14H14N.Ir/c1-14-13-19-18(16-10-6-3-7-11-16)12-17(14)15-8-4-2-5-9-15;1-10-4-6-13(7-5-10)14-8-11(2)12(3)9-15-14;/h2-10,12-13H,1H3;4-6,8-9H,1-3H3;/q2*-1;. The third kappa shape index (κ3) is 6.82. The van der Waals surface area contributed by atoms with Crippen LogP contribution in [0.2, 0.25) is 0 Å². The van der Waals surface area contributed by atoms with Gasteiger partial charge in [0.1, 0.15) is 0 Å². The molecule has 0 aliphatic rings. The largest absolute Gasteiger partial charge is 0.304 e. The zero-order chi connectivity index (χ0) is 23.9. The van der Waals surface area contributed by atoms with Gasteiger partial charge in [-0.05, 0) is 54.4 Å². The van der Waals surface area contributed by atoms with E-state index in [1.165, 1.54) is 33.4 Å². The number of rotatable bonds is 3. The van der Waals surface area contributed by atoms with Crippen molar-refractivity contribution < 1.29 is 20.1 Å². The number of nitrogens with zero attached hydrogens (tertiary/aromatic N) is 2. The van der Waals surface area contributed by atoms with E-state index in [1.807, 2.05) is 48.8 Å². The number of hydrogen-bond acceptors (Lipinski definition) is 2. The molecular formula is C32H28IrN2-2. The van der Waals surface area contributed by atoms with Crippen molar-refractivity contribution >= 4 is 0 Å². The van der Waals surface area contributed by atoms with Crippen molar-refractivity contribution in [1.82, 2.24) is 9.97 Å². The SMILES string of the molecule is Cc1c[c-]c(-c2cc(C)c(C)cn2)cc1.Cc1cnc(-c2[c-]cccc2)cc1-c1ccccc1.[Ir]. The molecule has 0 saturated carbocycles. The van der Waals surface area contributed by atoms with Crippen LogP contribution in [0.3, 0.4) is 0 Å². The van der Waals surface area contributed by atoms with Crippen molar-refractivity contribution in [3.63, 3.8) is 0 Å². The summed E-state index contributed by atoms with van der Waals surface area (Å²) in [6.45, 7) is 8.33. The molecule has 0 saturated heterocycles. The Balaban J connectivity index is 0.000000195. The molecule has 0 aliphatic carbocycles. The Morgan fingerprint density at radius 3 is 1.89 bits per heavy atom. The van der Waals surface area contributed by atoms with E-state index in [0.29, 0.717) is 0 Å². The first-order valence-corrected chi connectivity index (χ1v) is 11.4. The van der Waals surface area contributed by atoms with E-state index in [1.54, 1.807) is 0 Å². The predicted octanol–water partition coefficient (Wildman–Crippen LogP) is 8.00. The summed E-state index contributed by atoms with van der Waals surface area (Å²) in [6.07, 6.45) is 3.84. The third-order valence-corrected chi connectivity index (χ3v) is 5.79. The van der Waals surface area contributed by atoms with Crippen molar-refractivity contribution in [3.8, 4) is 33.6 Å². The minimum atomic E-state index is 0. The van der Waals surface area contributed by atoms with Gasteiger partial charge in [-0.25, -0.2) is 0 Å². The molecule has 0 bridgehead atoms. The van der Waals surface area contributed by atoms with E-state index < -0.39 is 0 Å². The average Bonchev–Trinajstić information content (AvgIpc) is 2.88. The van der Waals surface area contributed by atoms with Crippen molar-refractivity contribution in [3.05, 3.63) is 132 Å². The second-order valence-corrected chi connectivity index (χ2v) is 8.46. The Hall–Kier alpha value is -3.39. The topological polar surface area (TPSA) is 25.8 Å². The van der Waals surface area contributed by atoms with Crippen molar-refractivity contribution in [2.24, 2.45) is 0 Å². The summed E-state index contributed by atoms with van der Waals surface area (Å²) in [5.41, 5.74) is 11.4. The molecule has 5 rings (SSSR count). The molecule has 0 aliphatic heterocycles. The average molecular weight is 633 g/mol. The van der Waals surface area contributed by atoms with Gasteiger partial charge >= 0.3 is 0 Å². The fourth-order valence-corrected chi connectivity index (χ4v) is 3.59. The maximum atomic E-state index is 4.50. The summed E-state index contributed by atoms with van der Waals surface area (Å²) in [5, 5.41) is 0. The molecule has 3 aromatic carbocycles. The molecule has 1 radical (unpaired) electrons. The molecule has 3 heteroatoms. The molecule has 2 nitrogen and oxygen atoms in total. The van der Waals surface area contributed by atoms with Gasteiger partial charge in [-0.1, -0.05) is 55.0 Å². The second-order valence-electron chi connectivity index (χ2n) is 8.46. The van der Waals surface area contributed by atoms with E-state index in [9.17, 15) is 0 Å². The van der Waals surface area contributed by atoms with Gasteiger partial charge in [-0.15, -0.1) is 71.3 Å². The molecule has 5 aromatic rings. The predicted molar refractivity (Wildman–Crippen MR) is 141 cm³/mol. The monoisotopic (exact) mass is 633 g/mol. The van der Waals surface area contributed by atoms with Crippen LogP contribution in [-0.2, 0) is 20.1 Å². The summed E-state index contributed by atoms with van der Waals surface area (Å²) in [5.74, 6) is 0. The number of aromatic nitrogens is 2. The van der Waals surface area contributed by atoms with Crippen molar-refractivity contribution in [1.29, 1.82) is 0 Å². The second kappa shape index (κ2) is 12.4. The van der Waals surface area contributed by atoms with E-state index in [2.05, 4.69) is 98.3 Å². The van der Waals surface area contributed by atoms with Crippen LogP contribution in [-0.4, -0.2) is 9.97 Å². The van der Waals surface area contributed by atoms with Gasteiger partial charge in [0.05, 0.1) is 0 Å². The van der Waals surface area contributed by atoms with Crippen LogP contribution in [0.4, 0.5) is 0 Å². The van der Waals surface area contributed by atoms with Crippen molar-refractivity contribution in [2.45, 2.75) is 27.7 Å². The van der Waals surface area contributed by atoms with E-state index >= 15 is 0 Å². The molecule has 0 unspecified atom stereocenters. The maximum Gasteiger partial charge on any atom is 0.0196 e. The van der Waals surface area contributed by atoms with Crippen LogP contribution in [0, 0.1) is 39.8 Å². The van der Waals surface area contributed by atoms with E-state index in [-0.39, 0.29) is 20.1 Å². The number of benzene rings is 3. The summed E-state index contributed by atoms with van der Waals surface area (Å²) in [7, 11) is 0. The molecule has 0 fully saturated rings. The van der Waals surface area contributed by atoms with Gasteiger partial charge in [0.15, 0.2) is 0 Å². The van der Waals surface area contributed by atoms with Crippen LogP contribution in [0.5, 0.6) is 0 Å². The summed E-state index contributed by atoms with van der Waals surface area (Å²) in [6, 6.07) is 35.2. The summed E-state index contributed by atoms with van der Waals surface area (Å²) in [4.78, 5) is 8.91. The Morgan fingerprint density at radius 1 is 0.600 bits per heavy atom. The third-order valence-electron chi connectivity index (χ3n) is 5.79. The zero-order valence-electron chi connectivity index (χ0n) is 20.5. The number of pyridine rings is 2. The fourth-order valence-electron chi connectivity index (χ4n) is 3.59. The van der Waals surface area contributed by atoms with E-state index in [4.69, 9.17) is 0 Å². The first kappa shape index (κ1) is 26.2. The minimum absolute atomic E-state index is 0. The molecule has 0 atom stereocenters. The smallest absolute Gasteiger partial charge is 0.0196 e. The van der Waals surface area contributed by atoms with Crippen LogP contribution in [0.1, 0.15) is 22.3 Å². The maximum absolute atomic E-state index is 4.50. The van der Waals surface area contributed by atoms with Gasteiger partial charge in [-0.3, -0.25) is 0 Å². The molecule has 2 heterocycles. The first-order chi connectivity index (χ1) is 16.5.